The highest BCUT2D eigenvalue weighted by Crippen LogP contribution is 2.28. The van der Waals surface area contributed by atoms with E-state index >= 15 is 0 Å². The van der Waals surface area contributed by atoms with Gasteiger partial charge in [0, 0.05) is 17.9 Å². The van der Waals surface area contributed by atoms with Gasteiger partial charge >= 0.3 is 0 Å². The number of nitriles is 1. The molecule has 1 unspecified atom stereocenters. The van der Waals surface area contributed by atoms with Crippen molar-refractivity contribution in [3.05, 3.63) is 23.0 Å². The molecular weight excluding hydrogens is 150 g/mol. The van der Waals surface area contributed by atoms with Crippen LogP contribution >= 0.6 is 0 Å². The summed E-state index contributed by atoms with van der Waals surface area (Å²) >= 11 is 0. The fourth-order valence-electron chi connectivity index (χ4n) is 1.81. The van der Waals surface area contributed by atoms with Crippen molar-refractivity contribution >= 4 is 0 Å². The Morgan fingerprint density at radius 3 is 3.25 bits per heavy atom. The molecule has 12 heavy (non-hydrogen) atoms. The summed E-state index contributed by atoms with van der Waals surface area (Å²) in [6.45, 7) is 0. The number of H-pyrrole nitrogens is 1. The third kappa shape index (κ3) is 0.926. The first kappa shape index (κ1) is 7.38. The van der Waals surface area contributed by atoms with E-state index in [1.165, 1.54) is 0 Å². The normalized spacial score (nSPS) is 21.5. The summed E-state index contributed by atoms with van der Waals surface area (Å²) in [6.07, 6.45) is 4.88. The lowest BCUT2D eigenvalue weighted by molar-refractivity contribution is 0.560. The third-order valence-corrected chi connectivity index (χ3v) is 2.46. The molecule has 3 nitrogen and oxygen atoms in total. The van der Waals surface area contributed by atoms with Crippen molar-refractivity contribution in [2.45, 2.75) is 25.3 Å². The Bertz CT molecular complexity index is 332. The van der Waals surface area contributed by atoms with Gasteiger partial charge in [0.05, 0.1) is 5.56 Å². The van der Waals surface area contributed by atoms with E-state index in [-0.39, 0.29) is 6.04 Å². The van der Waals surface area contributed by atoms with Crippen LogP contribution in [0.3, 0.4) is 0 Å². The van der Waals surface area contributed by atoms with Crippen LogP contribution in [-0.2, 0) is 6.42 Å². The zero-order valence-electron chi connectivity index (χ0n) is 6.80. The second kappa shape index (κ2) is 2.65. The highest BCUT2D eigenvalue weighted by Gasteiger charge is 2.20. The summed E-state index contributed by atoms with van der Waals surface area (Å²) in [5, 5.41) is 8.76. The maximum Gasteiger partial charge on any atom is 0.101 e. The lowest BCUT2D eigenvalue weighted by Gasteiger charge is -2.18. The van der Waals surface area contributed by atoms with Crippen molar-refractivity contribution in [2.75, 3.05) is 0 Å². The van der Waals surface area contributed by atoms with Gasteiger partial charge in [0.1, 0.15) is 6.07 Å². The van der Waals surface area contributed by atoms with Crippen molar-refractivity contribution in [3.63, 3.8) is 0 Å². The highest BCUT2D eigenvalue weighted by atomic mass is 14.8. The maximum atomic E-state index is 8.76. The first-order valence-electron chi connectivity index (χ1n) is 4.18. The molecule has 0 saturated carbocycles. The zero-order valence-corrected chi connectivity index (χ0v) is 6.80. The molecule has 1 aromatic heterocycles. The summed E-state index contributed by atoms with van der Waals surface area (Å²) in [4.78, 5) is 3.08. The molecule has 0 spiro atoms. The highest BCUT2D eigenvalue weighted by molar-refractivity contribution is 5.42. The lowest BCUT2D eigenvalue weighted by Crippen LogP contribution is -2.17. The van der Waals surface area contributed by atoms with E-state index in [1.54, 1.807) is 6.20 Å². The van der Waals surface area contributed by atoms with Crippen molar-refractivity contribution in [2.24, 2.45) is 5.73 Å². The Morgan fingerprint density at radius 1 is 1.67 bits per heavy atom. The van der Waals surface area contributed by atoms with E-state index in [1.807, 2.05) is 0 Å². The number of nitrogens with two attached hydrogens (primary N) is 1. The number of hydrogen-bond donors (Lipinski definition) is 2. The average Bonchev–Trinajstić information content (AvgIpc) is 2.49. The van der Waals surface area contributed by atoms with Gasteiger partial charge in [-0.15, -0.1) is 0 Å². The number of fused-ring (bicyclic) bond motifs is 1. The molecule has 1 heterocycles. The number of hydrogen-bond acceptors (Lipinski definition) is 2. The molecule has 0 radical (unpaired) electrons. The topological polar surface area (TPSA) is 65.6 Å². The Morgan fingerprint density at radius 2 is 2.50 bits per heavy atom. The summed E-state index contributed by atoms with van der Waals surface area (Å²) < 4.78 is 0. The van der Waals surface area contributed by atoms with Gasteiger partial charge in [-0.2, -0.15) is 5.26 Å². The number of nitrogens with one attached hydrogen (secondary N) is 1. The van der Waals surface area contributed by atoms with Crippen LogP contribution in [0.5, 0.6) is 0 Å². The molecule has 0 fully saturated rings. The minimum Gasteiger partial charge on any atom is -0.362 e. The quantitative estimate of drug-likeness (QED) is 0.600. The Kier molecular flexibility index (Phi) is 1.63. The molecule has 62 valence electrons. The first-order valence-corrected chi connectivity index (χ1v) is 4.18. The van der Waals surface area contributed by atoms with Gasteiger partial charge in [-0.05, 0) is 24.8 Å². The van der Waals surface area contributed by atoms with Crippen LogP contribution in [0.4, 0.5) is 0 Å². The fourth-order valence-corrected chi connectivity index (χ4v) is 1.81. The monoisotopic (exact) mass is 161 g/mol. The van der Waals surface area contributed by atoms with Crippen LogP contribution in [0.15, 0.2) is 6.20 Å². The van der Waals surface area contributed by atoms with Crippen LogP contribution in [0.2, 0.25) is 0 Å². The second-order valence-electron chi connectivity index (χ2n) is 3.21. The van der Waals surface area contributed by atoms with Gasteiger partial charge in [0.15, 0.2) is 0 Å². The van der Waals surface area contributed by atoms with Crippen molar-refractivity contribution in [1.29, 1.82) is 5.26 Å². The largest absolute Gasteiger partial charge is 0.362 e. The molecule has 0 bridgehead atoms. The number of aromatic nitrogens is 1. The molecule has 1 atom stereocenters. The zero-order chi connectivity index (χ0) is 8.55. The van der Waals surface area contributed by atoms with Gasteiger partial charge < -0.3 is 10.7 Å². The van der Waals surface area contributed by atoms with E-state index in [0.717, 1.165) is 36.1 Å². The molecular formula is C9H11N3. The molecule has 0 amide bonds. The number of aromatic amines is 1. The van der Waals surface area contributed by atoms with Crippen molar-refractivity contribution in [1.82, 2.24) is 4.98 Å². The molecule has 1 aliphatic rings. The molecule has 1 aromatic rings. The van der Waals surface area contributed by atoms with E-state index in [0.29, 0.717) is 0 Å². The van der Waals surface area contributed by atoms with Crippen molar-refractivity contribution in [3.8, 4) is 6.07 Å². The molecule has 0 aromatic carbocycles. The number of nitrogens with zero attached hydrogens (tertiary/aromatic N) is 1. The molecule has 0 saturated heterocycles. The SMILES string of the molecule is N#Cc1c[nH]c2c1CCCC2N. The van der Waals surface area contributed by atoms with Gasteiger partial charge in [-0.25, -0.2) is 0 Å². The van der Waals surface area contributed by atoms with Crippen LogP contribution in [0.1, 0.15) is 35.7 Å². The maximum absolute atomic E-state index is 8.76. The molecule has 3 N–H and O–H groups in total. The summed E-state index contributed by atoms with van der Waals surface area (Å²) in [5.41, 5.74) is 8.84. The van der Waals surface area contributed by atoms with Crippen LogP contribution in [0, 0.1) is 11.3 Å². The van der Waals surface area contributed by atoms with Crippen molar-refractivity contribution < 1.29 is 0 Å². The third-order valence-electron chi connectivity index (χ3n) is 2.46. The van der Waals surface area contributed by atoms with E-state index < -0.39 is 0 Å². The van der Waals surface area contributed by atoms with Gasteiger partial charge in [-0.1, -0.05) is 0 Å². The summed E-state index contributed by atoms with van der Waals surface area (Å²) in [6, 6.07) is 2.28. The smallest absolute Gasteiger partial charge is 0.101 e. The predicted molar refractivity (Wildman–Crippen MR) is 45.4 cm³/mol. The van der Waals surface area contributed by atoms with Gasteiger partial charge in [-0.3, -0.25) is 0 Å². The van der Waals surface area contributed by atoms with E-state index in [2.05, 4.69) is 11.1 Å². The predicted octanol–water partition coefficient (Wildman–Crippen LogP) is 1.22. The van der Waals surface area contributed by atoms with Crippen LogP contribution < -0.4 is 5.73 Å². The Hall–Kier alpha value is -1.27. The van der Waals surface area contributed by atoms with Gasteiger partial charge in [0.2, 0.25) is 0 Å². The molecule has 1 aliphatic carbocycles. The lowest BCUT2D eigenvalue weighted by atomic mass is 9.92. The van der Waals surface area contributed by atoms with E-state index in [9.17, 15) is 0 Å². The standard InChI is InChI=1S/C9H11N3/c10-4-6-5-12-9-7(6)2-1-3-8(9)11/h5,8,12H,1-3,11H2. The Labute approximate surface area is 71.2 Å². The van der Waals surface area contributed by atoms with Gasteiger partial charge in [0.25, 0.3) is 0 Å². The van der Waals surface area contributed by atoms with Crippen LogP contribution in [0.25, 0.3) is 0 Å². The molecule has 0 aliphatic heterocycles. The minimum absolute atomic E-state index is 0.107. The summed E-state index contributed by atoms with van der Waals surface area (Å²) in [5.74, 6) is 0. The van der Waals surface area contributed by atoms with E-state index in [4.69, 9.17) is 11.0 Å². The minimum atomic E-state index is 0.107. The average molecular weight is 161 g/mol. The molecule has 3 heteroatoms. The first-order chi connectivity index (χ1) is 5.83. The Balaban J connectivity index is 2.49. The fraction of sp³-hybridized carbons (Fsp3) is 0.444. The summed E-state index contributed by atoms with van der Waals surface area (Å²) in [7, 11) is 0. The number of rotatable bonds is 0. The second-order valence-corrected chi connectivity index (χ2v) is 3.21. The van der Waals surface area contributed by atoms with Crippen LogP contribution in [-0.4, -0.2) is 4.98 Å². The molecule has 2 rings (SSSR count).